The maximum atomic E-state index is 6.33. The predicted octanol–water partition coefficient (Wildman–Crippen LogP) is 6.12. The van der Waals surface area contributed by atoms with Gasteiger partial charge in [-0.05, 0) is 42.4 Å². The van der Waals surface area contributed by atoms with Gasteiger partial charge in [0.1, 0.15) is 0 Å². The van der Waals surface area contributed by atoms with Gasteiger partial charge in [0, 0.05) is 21.1 Å². The van der Waals surface area contributed by atoms with Crippen LogP contribution in [0.25, 0.3) is 10.9 Å². The van der Waals surface area contributed by atoms with Crippen molar-refractivity contribution >= 4 is 46.8 Å². The van der Waals surface area contributed by atoms with Crippen molar-refractivity contribution in [3.8, 4) is 0 Å². The van der Waals surface area contributed by atoms with Crippen molar-refractivity contribution in [3.05, 3.63) is 34.4 Å². The number of benzene rings is 1. The van der Waals surface area contributed by atoms with Gasteiger partial charge in [-0.1, -0.05) is 36.7 Å². The summed E-state index contributed by atoms with van der Waals surface area (Å²) in [7, 11) is -1.75. The average molecular weight is 389 g/mol. The Hall–Kier alpha value is -0.293. The van der Waals surface area contributed by atoms with Crippen LogP contribution in [-0.2, 0) is 17.0 Å². The molecule has 0 amide bonds. The van der Waals surface area contributed by atoms with Gasteiger partial charge in [-0.25, -0.2) is 0 Å². The van der Waals surface area contributed by atoms with Crippen molar-refractivity contribution in [2.24, 2.45) is 0 Å². The van der Waals surface area contributed by atoms with E-state index in [4.69, 9.17) is 16.0 Å². The van der Waals surface area contributed by atoms with E-state index in [1.165, 1.54) is 5.39 Å². The van der Waals surface area contributed by atoms with E-state index in [0.717, 1.165) is 15.7 Å². The number of halogens is 2. The molecule has 0 N–H and O–H groups in total. The topological polar surface area (TPSA) is 14.2 Å². The molecule has 1 aromatic heterocycles. The molecule has 0 aliphatic rings. The molecule has 5 heteroatoms. The summed E-state index contributed by atoms with van der Waals surface area (Å²) in [6.07, 6.45) is 0. The van der Waals surface area contributed by atoms with Crippen LogP contribution in [0.5, 0.6) is 0 Å². The fraction of sp³-hybridized carbons (Fsp3) is 0.500. The maximum absolute atomic E-state index is 6.33. The largest absolute Gasteiger partial charge is 0.411 e. The third-order valence-electron chi connectivity index (χ3n) is 4.46. The van der Waals surface area contributed by atoms with E-state index in [0.29, 0.717) is 12.6 Å². The van der Waals surface area contributed by atoms with Gasteiger partial charge in [0.05, 0.1) is 12.6 Å². The molecule has 0 unspecified atom stereocenters. The average Bonchev–Trinajstić information content (AvgIpc) is 2.71. The molecule has 0 bridgehead atoms. The highest BCUT2D eigenvalue weighted by Crippen LogP contribution is 2.37. The van der Waals surface area contributed by atoms with Crippen LogP contribution in [0.2, 0.25) is 18.1 Å². The molecule has 21 heavy (non-hydrogen) atoms. The summed E-state index contributed by atoms with van der Waals surface area (Å²) < 4.78 is 9.53. The van der Waals surface area contributed by atoms with Crippen LogP contribution in [-0.4, -0.2) is 12.9 Å². The Morgan fingerprint density at radius 3 is 2.48 bits per heavy atom. The van der Waals surface area contributed by atoms with Crippen molar-refractivity contribution < 1.29 is 4.43 Å². The van der Waals surface area contributed by atoms with Crippen LogP contribution < -0.4 is 0 Å². The number of nitrogens with zero attached hydrogens (tertiary/aromatic N) is 1. The van der Waals surface area contributed by atoms with E-state index in [1.807, 2.05) is 6.07 Å². The molecule has 0 saturated carbocycles. The zero-order valence-corrected chi connectivity index (χ0v) is 16.7. The SMILES string of the molecule is CC(C)(C)[Si](C)(C)OCc1cc2cc(Br)ccc2n1CCl. The van der Waals surface area contributed by atoms with Gasteiger partial charge in [-0.3, -0.25) is 0 Å². The van der Waals surface area contributed by atoms with Crippen molar-refractivity contribution in [3.63, 3.8) is 0 Å². The van der Waals surface area contributed by atoms with E-state index in [2.05, 4.69) is 72.6 Å². The second-order valence-electron chi connectivity index (χ2n) is 6.94. The normalized spacial score (nSPS) is 13.1. The van der Waals surface area contributed by atoms with E-state index >= 15 is 0 Å². The molecule has 0 radical (unpaired) electrons. The van der Waals surface area contributed by atoms with Crippen LogP contribution in [0.4, 0.5) is 0 Å². The van der Waals surface area contributed by atoms with E-state index < -0.39 is 8.32 Å². The van der Waals surface area contributed by atoms with Gasteiger partial charge in [-0.15, -0.1) is 11.6 Å². The third kappa shape index (κ3) is 3.55. The van der Waals surface area contributed by atoms with Crippen LogP contribution in [0.3, 0.4) is 0 Å². The molecular formula is C16H23BrClNOSi. The summed E-state index contributed by atoms with van der Waals surface area (Å²) in [4.78, 5) is 0. The number of alkyl halides is 1. The van der Waals surface area contributed by atoms with Gasteiger partial charge in [0.25, 0.3) is 0 Å². The molecule has 0 atom stereocenters. The Labute approximate surface area is 141 Å². The zero-order chi connectivity index (χ0) is 15.8. The van der Waals surface area contributed by atoms with E-state index in [-0.39, 0.29) is 5.04 Å². The smallest absolute Gasteiger partial charge is 0.192 e. The van der Waals surface area contributed by atoms with Gasteiger partial charge in [0.2, 0.25) is 0 Å². The molecule has 2 nitrogen and oxygen atoms in total. The summed E-state index contributed by atoms with van der Waals surface area (Å²) in [5.41, 5.74) is 2.30. The molecule has 0 aliphatic carbocycles. The Bertz CT molecular complexity index is 645. The van der Waals surface area contributed by atoms with Crippen molar-refractivity contribution in [1.82, 2.24) is 4.57 Å². The Morgan fingerprint density at radius 2 is 1.90 bits per heavy atom. The first kappa shape index (κ1) is 17.1. The van der Waals surface area contributed by atoms with Gasteiger partial charge in [0.15, 0.2) is 8.32 Å². The second kappa shape index (κ2) is 6.07. The quantitative estimate of drug-likeness (QED) is 0.454. The van der Waals surface area contributed by atoms with E-state index in [1.54, 1.807) is 0 Å². The molecule has 2 rings (SSSR count). The van der Waals surface area contributed by atoms with Crippen LogP contribution >= 0.6 is 27.5 Å². The first-order valence-corrected chi connectivity index (χ1v) is 11.4. The van der Waals surface area contributed by atoms with Crippen molar-refractivity contribution in [2.75, 3.05) is 0 Å². The van der Waals surface area contributed by atoms with Crippen LogP contribution in [0.1, 0.15) is 26.5 Å². The monoisotopic (exact) mass is 387 g/mol. The minimum atomic E-state index is -1.75. The lowest BCUT2D eigenvalue weighted by atomic mass is 10.2. The summed E-state index contributed by atoms with van der Waals surface area (Å²) in [6, 6.07) is 8.88. The van der Waals surface area contributed by atoms with Crippen LogP contribution in [0, 0.1) is 0 Å². The standard InChI is InChI=1S/C16H23BrClNOSi/c1-16(2,3)21(4,5)20-10-14-9-12-8-13(17)6-7-15(12)19(14)11-18/h6-9H,10-11H2,1-5H3. The highest BCUT2D eigenvalue weighted by Gasteiger charge is 2.37. The molecule has 1 heterocycles. The number of hydrogen-bond donors (Lipinski definition) is 0. The summed E-state index contributed by atoms with van der Waals surface area (Å²) in [5.74, 6) is 0. The van der Waals surface area contributed by atoms with Gasteiger partial charge in [-0.2, -0.15) is 0 Å². The maximum Gasteiger partial charge on any atom is 0.192 e. The molecule has 0 fully saturated rings. The minimum absolute atomic E-state index is 0.216. The first-order valence-electron chi connectivity index (χ1n) is 7.13. The molecule has 1 aromatic carbocycles. The number of rotatable bonds is 4. The zero-order valence-electron chi connectivity index (χ0n) is 13.3. The summed E-state index contributed by atoms with van der Waals surface area (Å²) in [5, 5.41) is 1.41. The Kier molecular flexibility index (Phi) is 4.93. The molecule has 0 spiro atoms. The van der Waals surface area contributed by atoms with Crippen LogP contribution in [0.15, 0.2) is 28.7 Å². The Balaban J connectivity index is 2.30. The molecule has 0 aliphatic heterocycles. The molecule has 116 valence electrons. The summed E-state index contributed by atoms with van der Waals surface area (Å²) >= 11 is 9.66. The lowest BCUT2D eigenvalue weighted by Gasteiger charge is -2.36. The highest BCUT2D eigenvalue weighted by molar-refractivity contribution is 9.10. The predicted molar refractivity (Wildman–Crippen MR) is 97.5 cm³/mol. The minimum Gasteiger partial charge on any atom is -0.411 e. The number of hydrogen-bond acceptors (Lipinski definition) is 1. The molecular weight excluding hydrogens is 366 g/mol. The lowest BCUT2D eigenvalue weighted by molar-refractivity contribution is 0.269. The second-order valence-corrected chi connectivity index (χ2v) is 12.9. The number of aromatic nitrogens is 1. The summed E-state index contributed by atoms with van der Waals surface area (Å²) in [6.45, 7) is 11.9. The Morgan fingerprint density at radius 1 is 1.24 bits per heavy atom. The van der Waals surface area contributed by atoms with E-state index in [9.17, 15) is 0 Å². The number of fused-ring (bicyclic) bond motifs is 1. The van der Waals surface area contributed by atoms with Gasteiger partial charge < -0.3 is 8.99 Å². The van der Waals surface area contributed by atoms with Gasteiger partial charge >= 0.3 is 0 Å². The fourth-order valence-electron chi connectivity index (χ4n) is 2.03. The fourth-order valence-corrected chi connectivity index (χ4v) is 3.63. The third-order valence-corrected chi connectivity index (χ3v) is 9.67. The molecule has 2 aromatic rings. The molecule has 0 saturated heterocycles. The highest BCUT2D eigenvalue weighted by atomic mass is 79.9. The lowest BCUT2D eigenvalue weighted by Crippen LogP contribution is -2.40. The first-order chi connectivity index (χ1) is 9.65. The van der Waals surface area contributed by atoms with Crippen molar-refractivity contribution in [1.29, 1.82) is 0 Å². The van der Waals surface area contributed by atoms with Crippen molar-refractivity contribution in [2.45, 2.75) is 51.5 Å².